The van der Waals surface area contributed by atoms with E-state index in [1.807, 2.05) is 0 Å². The van der Waals surface area contributed by atoms with Crippen molar-refractivity contribution in [3.05, 3.63) is 0 Å². The van der Waals surface area contributed by atoms with E-state index in [-0.39, 0.29) is 48.6 Å². The zero-order valence-electron chi connectivity index (χ0n) is 15.4. The lowest BCUT2D eigenvalue weighted by Gasteiger charge is -2.25. The number of aliphatic carboxylic acids is 2. The van der Waals surface area contributed by atoms with E-state index in [0.717, 1.165) is 0 Å². The van der Waals surface area contributed by atoms with Gasteiger partial charge in [0, 0.05) is 13.1 Å². The van der Waals surface area contributed by atoms with E-state index in [9.17, 15) is 9.59 Å². The molecule has 0 saturated carbocycles. The highest BCUT2D eigenvalue weighted by atomic mass is 16.4. The summed E-state index contributed by atoms with van der Waals surface area (Å²) >= 11 is 0. The van der Waals surface area contributed by atoms with Crippen LogP contribution < -0.4 is 10.6 Å². The molecule has 0 aromatic carbocycles. The molecule has 0 bridgehead atoms. The van der Waals surface area contributed by atoms with Crippen molar-refractivity contribution < 1.29 is 30.8 Å². The molecule has 0 unspecified atom stereocenters. The van der Waals surface area contributed by atoms with Gasteiger partial charge < -0.3 is 31.8 Å². The van der Waals surface area contributed by atoms with Crippen molar-refractivity contribution >= 4 is 23.6 Å². The van der Waals surface area contributed by atoms with E-state index in [0.29, 0.717) is 0 Å². The minimum Gasteiger partial charge on any atom is -0.481 e. The molecular weight excluding hydrogens is 348 g/mol. The number of nitrogens with zero attached hydrogens (tertiary/aromatic N) is 2. The van der Waals surface area contributed by atoms with Crippen molar-refractivity contribution in [1.29, 1.82) is 10.8 Å². The monoisotopic (exact) mass is 378 g/mol. The van der Waals surface area contributed by atoms with Gasteiger partial charge in [-0.05, 0) is 27.7 Å². The van der Waals surface area contributed by atoms with Gasteiger partial charge in [0.15, 0.2) is 0 Å². The van der Waals surface area contributed by atoms with E-state index in [4.69, 9.17) is 21.0 Å². The fraction of sp³-hybridized carbons (Fsp3) is 0.714. The largest absolute Gasteiger partial charge is 0.481 e. The lowest BCUT2D eigenvalue weighted by molar-refractivity contribution is -0.137. The third-order valence-electron chi connectivity index (χ3n) is 3.05. The molecule has 0 atom stereocenters. The van der Waals surface area contributed by atoms with Crippen LogP contribution in [0.25, 0.3) is 0 Å². The first-order valence-corrected chi connectivity index (χ1v) is 7.42. The lowest BCUT2D eigenvalue weighted by atomic mass is 10.0. The molecule has 26 heavy (non-hydrogen) atoms. The van der Waals surface area contributed by atoms with Crippen molar-refractivity contribution in [2.24, 2.45) is 10.2 Å². The van der Waals surface area contributed by atoms with Gasteiger partial charge in [0.05, 0.1) is 12.8 Å². The van der Waals surface area contributed by atoms with Gasteiger partial charge in [-0.2, -0.15) is 10.2 Å². The Kier molecular flexibility index (Phi) is 12.9. The first kappa shape index (κ1) is 28.2. The van der Waals surface area contributed by atoms with Gasteiger partial charge in [-0.3, -0.25) is 20.4 Å². The summed E-state index contributed by atoms with van der Waals surface area (Å²) in [5.74, 6) is -1.88. The Morgan fingerprint density at radius 3 is 1.31 bits per heavy atom. The predicted octanol–water partition coefficient (Wildman–Crippen LogP) is -0.570. The second kappa shape index (κ2) is 11.9. The Hall–Kier alpha value is -2.60. The average Bonchev–Trinajstić information content (AvgIpc) is 2.44. The second-order valence-electron chi connectivity index (χ2n) is 6.21. The number of azo groups is 1. The maximum atomic E-state index is 10.5. The molecule has 0 aliphatic rings. The topological polar surface area (TPSA) is 234 Å². The summed E-state index contributed by atoms with van der Waals surface area (Å²) in [7, 11) is 0. The highest BCUT2D eigenvalue weighted by Gasteiger charge is 2.28. The van der Waals surface area contributed by atoms with Gasteiger partial charge >= 0.3 is 11.9 Å². The number of carbonyl (C=O) groups is 2. The Labute approximate surface area is 151 Å². The molecule has 0 aromatic rings. The normalized spacial score (nSPS) is 11.1. The molecule has 0 aliphatic heterocycles. The second-order valence-corrected chi connectivity index (χ2v) is 6.21. The van der Waals surface area contributed by atoms with E-state index >= 15 is 0 Å². The number of hydrogen-bond acceptors (Lipinski definition) is 6. The van der Waals surface area contributed by atoms with Crippen LogP contribution >= 0.6 is 0 Å². The molecule has 0 amide bonds. The van der Waals surface area contributed by atoms with Gasteiger partial charge in [0.1, 0.15) is 22.7 Å². The van der Waals surface area contributed by atoms with Crippen LogP contribution in [0.1, 0.15) is 40.5 Å². The van der Waals surface area contributed by atoms with Crippen LogP contribution in [0.2, 0.25) is 0 Å². The van der Waals surface area contributed by atoms with Crippen molar-refractivity contribution in [3.8, 4) is 0 Å². The third-order valence-corrected chi connectivity index (χ3v) is 3.05. The number of carboxylic acid groups (broad SMARTS) is 2. The van der Waals surface area contributed by atoms with Crippen LogP contribution in [-0.2, 0) is 9.59 Å². The van der Waals surface area contributed by atoms with Crippen molar-refractivity contribution in [3.63, 3.8) is 0 Å². The predicted molar refractivity (Wildman–Crippen MR) is 96.2 cm³/mol. The molecule has 12 heteroatoms. The van der Waals surface area contributed by atoms with Crippen LogP contribution in [-0.4, -0.2) is 68.9 Å². The molecule has 0 rings (SSSR count). The molecule has 0 spiro atoms. The minimum atomic E-state index is -1.00. The van der Waals surface area contributed by atoms with Gasteiger partial charge in [-0.25, -0.2) is 0 Å². The Bertz CT molecular complexity index is 486. The van der Waals surface area contributed by atoms with E-state index in [1.165, 1.54) is 0 Å². The SMILES string of the molecule is CC(C)(N=NC(C)(C)C(=N)NCCC(=O)O)C(=N)NCCC(=O)O.O.O. The summed E-state index contributed by atoms with van der Waals surface area (Å²) < 4.78 is 0. The summed E-state index contributed by atoms with van der Waals surface area (Å²) in [6.07, 6.45) is -0.224. The zero-order chi connectivity index (χ0) is 19.0. The summed E-state index contributed by atoms with van der Waals surface area (Å²) in [4.78, 5) is 20.9. The van der Waals surface area contributed by atoms with Crippen molar-refractivity contribution in [1.82, 2.24) is 10.6 Å². The van der Waals surface area contributed by atoms with E-state index < -0.39 is 23.0 Å². The minimum absolute atomic E-state index is 0. The third kappa shape index (κ3) is 11.0. The Morgan fingerprint density at radius 2 is 1.08 bits per heavy atom. The molecule has 152 valence electrons. The fourth-order valence-corrected chi connectivity index (χ4v) is 1.37. The molecule has 0 heterocycles. The molecular formula is C14H30N6O6. The quantitative estimate of drug-likeness (QED) is 0.165. The van der Waals surface area contributed by atoms with E-state index in [2.05, 4.69) is 20.9 Å². The molecule has 12 nitrogen and oxygen atoms in total. The number of nitrogens with one attached hydrogen (secondary N) is 4. The number of rotatable bonds is 10. The fourth-order valence-electron chi connectivity index (χ4n) is 1.37. The summed E-state index contributed by atoms with van der Waals surface area (Å²) in [5, 5.41) is 46.5. The summed E-state index contributed by atoms with van der Waals surface area (Å²) in [5.41, 5.74) is -2.01. The van der Waals surface area contributed by atoms with Gasteiger partial charge in [-0.15, -0.1) is 0 Å². The van der Waals surface area contributed by atoms with E-state index in [1.54, 1.807) is 27.7 Å². The van der Waals surface area contributed by atoms with Crippen molar-refractivity contribution in [2.45, 2.75) is 51.6 Å². The average molecular weight is 378 g/mol. The molecule has 0 fully saturated rings. The molecule has 0 aromatic heterocycles. The first-order chi connectivity index (χ1) is 10.9. The summed E-state index contributed by atoms with van der Waals surface area (Å²) in [6.45, 7) is 6.80. The van der Waals surface area contributed by atoms with Crippen LogP contribution in [0.5, 0.6) is 0 Å². The smallest absolute Gasteiger partial charge is 0.305 e. The number of carboxylic acids is 2. The Balaban J connectivity index is -0.00000264. The number of hydrogen-bond donors (Lipinski definition) is 6. The summed E-state index contributed by atoms with van der Waals surface area (Å²) in [6, 6.07) is 0. The first-order valence-electron chi connectivity index (χ1n) is 7.42. The molecule has 10 N–H and O–H groups in total. The molecule has 0 saturated heterocycles. The van der Waals surface area contributed by atoms with Crippen LogP contribution in [0.4, 0.5) is 0 Å². The van der Waals surface area contributed by atoms with Gasteiger partial charge in [-0.1, -0.05) is 0 Å². The van der Waals surface area contributed by atoms with Gasteiger partial charge in [0.2, 0.25) is 0 Å². The van der Waals surface area contributed by atoms with Crippen molar-refractivity contribution in [2.75, 3.05) is 13.1 Å². The zero-order valence-corrected chi connectivity index (χ0v) is 15.4. The lowest BCUT2D eigenvalue weighted by Crippen LogP contribution is -2.43. The highest BCUT2D eigenvalue weighted by Crippen LogP contribution is 2.16. The van der Waals surface area contributed by atoms with Crippen LogP contribution in [0.15, 0.2) is 10.2 Å². The molecule has 0 radical (unpaired) electrons. The molecule has 0 aliphatic carbocycles. The van der Waals surface area contributed by atoms with Crippen LogP contribution in [0, 0.1) is 10.8 Å². The maximum Gasteiger partial charge on any atom is 0.305 e. The standard InChI is InChI=1S/C14H26N6O4.2H2O/c1-13(2,11(15)17-7-5-9(21)22)19-20-14(3,4)12(16)18-8-6-10(23)24;;/h5-8H2,1-4H3,(H2,15,17)(H2,16,18)(H,21,22)(H,23,24);2*1H2. The maximum absolute atomic E-state index is 10.5. The Morgan fingerprint density at radius 1 is 0.808 bits per heavy atom. The van der Waals surface area contributed by atoms with Gasteiger partial charge in [0.25, 0.3) is 0 Å². The number of amidine groups is 2. The highest BCUT2D eigenvalue weighted by molar-refractivity contribution is 5.89. The van der Waals surface area contributed by atoms with Crippen LogP contribution in [0.3, 0.4) is 0 Å².